The molecular weight excluding hydrogens is 302 g/mol. The van der Waals surface area contributed by atoms with Crippen molar-refractivity contribution in [3.05, 3.63) is 48.2 Å². The van der Waals surface area contributed by atoms with Gasteiger partial charge in [0.25, 0.3) is 5.91 Å². The maximum Gasteiger partial charge on any atom is 0.255 e. The molecule has 1 saturated heterocycles. The fourth-order valence-corrected chi connectivity index (χ4v) is 2.72. The number of carbonyl (C=O) groups excluding carboxylic acids is 1. The summed E-state index contributed by atoms with van der Waals surface area (Å²) in [5.41, 5.74) is 1.30. The van der Waals surface area contributed by atoms with Crippen LogP contribution in [0.4, 0.5) is 11.5 Å². The van der Waals surface area contributed by atoms with E-state index >= 15 is 0 Å². The first kappa shape index (κ1) is 16.3. The van der Waals surface area contributed by atoms with Crippen LogP contribution in [-0.4, -0.2) is 30.6 Å². The Morgan fingerprint density at radius 2 is 1.92 bits per heavy atom. The van der Waals surface area contributed by atoms with Gasteiger partial charge in [0, 0.05) is 18.7 Å². The number of benzene rings is 1. The first-order valence-electron chi connectivity index (χ1n) is 8.51. The number of carbonyl (C=O) groups is 1. The van der Waals surface area contributed by atoms with Gasteiger partial charge in [0.2, 0.25) is 0 Å². The zero-order valence-electron chi connectivity index (χ0n) is 14.0. The van der Waals surface area contributed by atoms with Crippen molar-refractivity contribution in [3.63, 3.8) is 0 Å². The molecule has 2 heterocycles. The maximum absolute atomic E-state index is 12.3. The quantitative estimate of drug-likeness (QED) is 0.879. The minimum atomic E-state index is -0.146. The van der Waals surface area contributed by atoms with Gasteiger partial charge in [0.05, 0.1) is 18.5 Å². The van der Waals surface area contributed by atoms with Crippen molar-refractivity contribution in [3.8, 4) is 5.75 Å². The second-order valence-corrected chi connectivity index (χ2v) is 5.93. The predicted molar refractivity (Wildman–Crippen MR) is 95.9 cm³/mol. The zero-order chi connectivity index (χ0) is 16.8. The van der Waals surface area contributed by atoms with Crippen molar-refractivity contribution < 1.29 is 9.53 Å². The largest absolute Gasteiger partial charge is 0.494 e. The molecule has 1 aliphatic rings. The lowest BCUT2D eigenvalue weighted by atomic mass is 10.2. The lowest BCUT2D eigenvalue weighted by molar-refractivity contribution is 0.102. The Hall–Kier alpha value is -2.56. The molecule has 0 bridgehead atoms. The predicted octanol–water partition coefficient (Wildman–Crippen LogP) is 3.72. The van der Waals surface area contributed by atoms with Gasteiger partial charge in [-0.15, -0.1) is 0 Å². The van der Waals surface area contributed by atoms with E-state index in [4.69, 9.17) is 4.74 Å². The van der Waals surface area contributed by atoms with Crippen LogP contribution < -0.4 is 15.0 Å². The number of anilines is 2. The molecule has 1 aromatic heterocycles. The first-order chi connectivity index (χ1) is 11.8. The number of hydrogen-bond acceptors (Lipinski definition) is 4. The van der Waals surface area contributed by atoms with Crippen molar-refractivity contribution in [1.29, 1.82) is 0 Å². The normalized spacial score (nSPS) is 13.8. The number of aromatic nitrogens is 1. The second kappa shape index (κ2) is 7.81. The summed E-state index contributed by atoms with van der Waals surface area (Å²) in [5, 5.41) is 2.88. The number of rotatable bonds is 6. The van der Waals surface area contributed by atoms with Gasteiger partial charge in [-0.3, -0.25) is 4.79 Å². The van der Waals surface area contributed by atoms with Crippen LogP contribution in [0.25, 0.3) is 0 Å². The molecule has 3 rings (SSSR count). The number of nitrogens with one attached hydrogen (secondary N) is 1. The molecule has 1 aliphatic heterocycles. The van der Waals surface area contributed by atoms with Crippen LogP contribution in [0.15, 0.2) is 42.6 Å². The van der Waals surface area contributed by atoms with Crippen LogP contribution in [-0.2, 0) is 0 Å². The van der Waals surface area contributed by atoms with Crippen molar-refractivity contribution in [2.24, 2.45) is 0 Å². The average molecular weight is 325 g/mol. The molecule has 24 heavy (non-hydrogen) atoms. The van der Waals surface area contributed by atoms with E-state index in [-0.39, 0.29) is 5.91 Å². The summed E-state index contributed by atoms with van der Waals surface area (Å²) in [7, 11) is 0. The van der Waals surface area contributed by atoms with Crippen LogP contribution >= 0.6 is 0 Å². The van der Waals surface area contributed by atoms with Crippen molar-refractivity contribution in [1.82, 2.24) is 4.98 Å². The van der Waals surface area contributed by atoms with Crippen LogP contribution in [0.2, 0.25) is 0 Å². The number of amides is 1. The van der Waals surface area contributed by atoms with Gasteiger partial charge in [0.1, 0.15) is 11.6 Å². The van der Waals surface area contributed by atoms with Gasteiger partial charge >= 0.3 is 0 Å². The van der Waals surface area contributed by atoms with Gasteiger partial charge < -0.3 is 15.0 Å². The van der Waals surface area contributed by atoms with E-state index in [0.717, 1.165) is 31.1 Å². The highest BCUT2D eigenvalue weighted by atomic mass is 16.5. The molecule has 0 saturated carbocycles. The number of pyridine rings is 1. The molecule has 1 aromatic carbocycles. The number of nitrogens with zero attached hydrogens (tertiary/aromatic N) is 2. The van der Waals surface area contributed by atoms with Crippen molar-refractivity contribution in [2.75, 3.05) is 29.9 Å². The molecule has 1 fully saturated rings. The Bertz CT molecular complexity index is 662. The molecule has 0 unspecified atom stereocenters. The van der Waals surface area contributed by atoms with E-state index in [2.05, 4.69) is 22.1 Å². The molecule has 5 heteroatoms. The molecule has 1 N–H and O–H groups in total. The number of ether oxygens (including phenoxy) is 1. The molecule has 126 valence electrons. The Kier molecular flexibility index (Phi) is 5.31. The van der Waals surface area contributed by atoms with Crippen molar-refractivity contribution >= 4 is 17.4 Å². The van der Waals surface area contributed by atoms with Crippen LogP contribution in [0.5, 0.6) is 5.75 Å². The first-order valence-corrected chi connectivity index (χ1v) is 8.51. The summed E-state index contributed by atoms with van der Waals surface area (Å²) in [6, 6.07) is 11.0. The minimum absolute atomic E-state index is 0.146. The summed E-state index contributed by atoms with van der Waals surface area (Å²) in [6.07, 6.45) is 5.11. The summed E-state index contributed by atoms with van der Waals surface area (Å²) >= 11 is 0. The van der Waals surface area contributed by atoms with Gasteiger partial charge in [0.15, 0.2) is 0 Å². The molecule has 0 aliphatic carbocycles. The van der Waals surface area contributed by atoms with Crippen LogP contribution in [0.1, 0.15) is 36.5 Å². The third-order valence-electron chi connectivity index (χ3n) is 4.03. The standard InChI is InChI=1S/C19H23N3O2/c1-2-13-24-17-8-5-15(6-9-17)19(23)21-16-7-10-18(20-14-16)22-11-3-4-12-22/h5-10,14H,2-4,11-13H2,1H3,(H,21,23). The van der Waals surface area contributed by atoms with Crippen LogP contribution in [0, 0.1) is 0 Å². The summed E-state index contributed by atoms with van der Waals surface area (Å²) in [6.45, 7) is 4.86. The Morgan fingerprint density at radius 3 is 2.54 bits per heavy atom. The summed E-state index contributed by atoms with van der Waals surface area (Å²) in [5.74, 6) is 1.61. The SMILES string of the molecule is CCCOc1ccc(C(=O)Nc2ccc(N3CCCC3)nc2)cc1. The van der Waals surface area contributed by atoms with Crippen LogP contribution in [0.3, 0.4) is 0 Å². The fourth-order valence-electron chi connectivity index (χ4n) is 2.72. The van der Waals surface area contributed by atoms with Gasteiger partial charge in [-0.1, -0.05) is 6.92 Å². The Labute approximate surface area is 142 Å². The van der Waals surface area contributed by atoms with Gasteiger partial charge in [-0.25, -0.2) is 4.98 Å². The van der Waals surface area contributed by atoms with E-state index < -0.39 is 0 Å². The second-order valence-electron chi connectivity index (χ2n) is 5.93. The smallest absolute Gasteiger partial charge is 0.255 e. The molecule has 2 aromatic rings. The zero-order valence-corrected chi connectivity index (χ0v) is 14.0. The van der Waals surface area contributed by atoms with Gasteiger partial charge in [-0.05, 0) is 55.7 Å². The fraction of sp³-hybridized carbons (Fsp3) is 0.368. The Balaban J connectivity index is 1.59. The molecule has 5 nitrogen and oxygen atoms in total. The lowest BCUT2D eigenvalue weighted by Crippen LogP contribution is -2.19. The lowest BCUT2D eigenvalue weighted by Gasteiger charge is -2.16. The summed E-state index contributed by atoms with van der Waals surface area (Å²) < 4.78 is 5.52. The maximum atomic E-state index is 12.3. The van der Waals surface area contributed by atoms with E-state index in [1.165, 1.54) is 12.8 Å². The molecular formula is C19H23N3O2. The highest BCUT2D eigenvalue weighted by molar-refractivity contribution is 6.04. The van der Waals surface area contributed by atoms with Crippen molar-refractivity contribution in [2.45, 2.75) is 26.2 Å². The third kappa shape index (κ3) is 4.04. The third-order valence-corrected chi connectivity index (χ3v) is 4.03. The Morgan fingerprint density at radius 1 is 1.17 bits per heavy atom. The van der Waals surface area contributed by atoms with E-state index in [1.807, 2.05) is 24.3 Å². The van der Waals surface area contributed by atoms with E-state index in [0.29, 0.717) is 17.9 Å². The highest BCUT2D eigenvalue weighted by Gasteiger charge is 2.13. The minimum Gasteiger partial charge on any atom is -0.494 e. The summed E-state index contributed by atoms with van der Waals surface area (Å²) in [4.78, 5) is 19.0. The highest BCUT2D eigenvalue weighted by Crippen LogP contribution is 2.20. The molecule has 0 spiro atoms. The number of hydrogen-bond donors (Lipinski definition) is 1. The average Bonchev–Trinajstić information content (AvgIpc) is 3.15. The van der Waals surface area contributed by atoms with E-state index in [9.17, 15) is 4.79 Å². The molecule has 0 atom stereocenters. The van der Waals surface area contributed by atoms with Gasteiger partial charge in [-0.2, -0.15) is 0 Å². The van der Waals surface area contributed by atoms with E-state index in [1.54, 1.807) is 18.3 Å². The molecule has 0 radical (unpaired) electrons. The topological polar surface area (TPSA) is 54.5 Å². The monoisotopic (exact) mass is 325 g/mol. The molecule has 1 amide bonds.